The van der Waals surface area contributed by atoms with Crippen LogP contribution in [0.4, 0.5) is 0 Å². The van der Waals surface area contributed by atoms with Crippen LogP contribution in [0, 0.1) is 0 Å². The SMILES string of the molecule is C=CC(=O)OC(CC)C(c1ccccc1)N(C)C.Cl. The van der Waals surface area contributed by atoms with Crippen molar-refractivity contribution in [1.29, 1.82) is 0 Å². The van der Waals surface area contributed by atoms with Gasteiger partial charge in [0.05, 0.1) is 6.04 Å². The van der Waals surface area contributed by atoms with E-state index in [9.17, 15) is 4.79 Å². The lowest BCUT2D eigenvalue weighted by Gasteiger charge is -2.31. The first-order valence-electron chi connectivity index (χ1n) is 6.14. The van der Waals surface area contributed by atoms with Crippen molar-refractivity contribution in [2.24, 2.45) is 0 Å². The van der Waals surface area contributed by atoms with Gasteiger partial charge in [-0.3, -0.25) is 4.90 Å². The maximum atomic E-state index is 11.4. The first-order valence-corrected chi connectivity index (χ1v) is 6.14. The fraction of sp³-hybridized carbons (Fsp3) is 0.400. The Morgan fingerprint density at radius 1 is 1.37 bits per heavy atom. The molecule has 1 rings (SSSR count). The molecule has 0 aliphatic carbocycles. The lowest BCUT2D eigenvalue weighted by Crippen LogP contribution is -2.34. The summed E-state index contributed by atoms with van der Waals surface area (Å²) in [6.45, 7) is 5.45. The Kier molecular flexibility index (Phi) is 8.12. The number of rotatable bonds is 6. The first kappa shape index (κ1) is 17.7. The molecule has 0 saturated heterocycles. The molecule has 0 saturated carbocycles. The van der Waals surface area contributed by atoms with E-state index in [1.807, 2.05) is 39.2 Å². The van der Waals surface area contributed by atoms with Crippen molar-refractivity contribution in [2.45, 2.75) is 25.5 Å². The number of benzene rings is 1. The van der Waals surface area contributed by atoms with Crippen LogP contribution in [-0.4, -0.2) is 31.1 Å². The van der Waals surface area contributed by atoms with Crippen LogP contribution in [0.15, 0.2) is 43.0 Å². The molecule has 0 fully saturated rings. The summed E-state index contributed by atoms with van der Waals surface area (Å²) in [4.78, 5) is 13.4. The molecule has 1 aromatic carbocycles. The van der Waals surface area contributed by atoms with Crippen molar-refractivity contribution in [3.05, 3.63) is 48.6 Å². The molecule has 0 amide bonds. The topological polar surface area (TPSA) is 29.5 Å². The number of ether oxygens (including phenoxy) is 1. The molecule has 106 valence electrons. The Hall–Kier alpha value is -1.32. The van der Waals surface area contributed by atoms with Crippen LogP contribution in [0.3, 0.4) is 0 Å². The summed E-state index contributed by atoms with van der Waals surface area (Å²) in [7, 11) is 3.98. The van der Waals surface area contributed by atoms with Gasteiger partial charge < -0.3 is 4.74 Å². The molecule has 0 aromatic heterocycles. The van der Waals surface area contributed by atoms with E-state index in [2.05, 4.69) is 23.6 Å². The highest BCUT2D eigenvalue weighted by atomic mass is 35.5. The van der Waals surface area contributed by atoms with Gasteiger partial charge >= 0.3 is 5.97 Å². The minimum atomic E-state index is -0.371. The van der Waals surface area contributed by atoms with Crippen LogP contribution >= 0.6 is 12.4 Å². The molecule has 3 nitrogen and oxygen atoms in total. The highest BCUT2D eigenvalue weighted by Gasteiger charge is 2.26. The quantitative estimate of drug-likeness (QED) is 0.593. The number of hydrogen-bond acceptors (Lipinski definition) is 3. The molecule has 19 heavy (non-hydrogen) atoms. The van der Waals surface area contributed by atoms with E-state index in [1.54, 1.807) is 0 Å². The van der Waals surface area contributed by atoms with Gasteiger partial charge in [-0.25, -0.2) is 4.79 Å². The largest absolute Gasteiger partial charge is 0.457 e. The molecule has 1 aromatic rings. The van der Waals surface area contributed by atoms with Gasteiger partial charge in [-0.15, -0.1) is 12.4 Å². The van der Waals surface area contributed by atoms with Crippen molar-refractivity contribution in [3.8, 4) is 0 Å². The van der Waals surface area contributed by atoms with Gasteiger partial charge in [-0.2, -0.15) is 0 Å². The zero-order chi connectivity index (χ0) is 13.5. The second kappa shape index (κ2) is 8.73. The molecule has 0 N–H and O–H groups in total. The predicted octanol–water partition coefficient (Wildman–Crippen LogP) is 3.22. The van der Waals surface area contributed by atoms with E-state index in [1.165, 1.54) is 6.08 Å². The lowest BCUT2D eigenvalue weighted by atomic mass is 9.98. The number of esters is 1. The molecule has 0 bridgehead atoms. The molecule has 0 aliphatic heterocycles. The summed E-state index contributed by atoms with van der Waals surface area (Å²) in [6.07, 6.45) is 1.80. The molecule has 4 heteroatoms. The molecule has 0 heterocycles. The van der Waals surface area contributed by atoms with Crippen molar-refractivity contribution in [1.82, 2.24) is 4.90 Å². The van der Waals surface area contributed by atoms with E-state index < -0.39 is 0 Å². The third-order valence-corrected chi connectivity index (χ3v) is 2.89. The van der Waals surface area contributed by atoms with E-state index in [0.717, 1.165) is 12.0 Å². The Labute approximate surface area is 121 Å². The van der Waals surface area contributed by atoms with Crippen molar-refractivity contribution in [2.75, 3.05) is 14.1 Å². The minimum Gasteiger partial charge on any atom is -0.457 e. The van der Waals surface area contributed by atoms with Gasteiger partial charge in [0.25, 0.3) is 0 Å². The average Bonchev–Trinajstić information content (AvgIpc) is 2.38. The van der Waals surface area contributed by atoms with Crippen LogP contribution in [-0.2, 0) is 9.53 Å². The number of hydrogen-bond donors (Lipinski definition) is 0. The van der Waals surface area contributed by atoms with E-state index in [0.29, 0.717) is 0 Å². The van der Waals surface area contributed by atoms with E-state index >= 15 is 0 Å². The van der Waals surface area contributed by atoms with Crippen LogP contribution in [0.5, 0.6) is 0 Å². The summed E-state index contributed by atoms with van der Waals surface area (Å²) in [6, 6.07) is 10.1. The first-order chi connectivity index (χ1) is 8.60. The van der Waals surface area contributed by atoms with Crippen molar-refractivity contribution >= 4 is 18.4 Å². The second-order valence-corrected chi connectivity index (χ2v) is 4.41. The summed E-state index contributed by atoms with van der Waals surface area (Å²) in [5.74, 6) is -0.371. The van der Waals surface area contributed by atoms with Crippen LogP contribution in [0.2, 0.25) is 0 Å². The fourth-order valence-corrected chi connectivity index (χ4v) is 2.06. The Bertz CT molecular complexity index is 392. The van der Waals surface area contributed by atoms with E-state index in [4.69, 9.17) is 4.74 Å². The van der Waals surface area contributed by atoms with Gasteiger partial charge in [-0.05, 0) is 26.1 Å². The van der Waals surface area contributed by atoms with Crippen LogP contribution in [0.25, 0.3) is 0 Å². The fourth-order valence-electron chi connectivity index (χ4n) is 2.06. The Morgan fingerprint density at radius 3 is 2.37 bits per heavy atom. The summed E-state index contributed by atoms with van der Waals surface area (Å²) in [5.41, 5.74) is 1.14. The number of halogens is 1. The maximum Gasteiger partial charge on any atom is 0.330 e. The smallest absolute Gasteiger partial charge is 0.330 e. The van der Waals surface area contributed by atoms with Gasteiger partial charge in [-0.1, -0.05) is 43.8 Å². The number of carbonyl (C=O) groups is 1. The molecule has 0 radical (unpaired) electrons. The van der Waals surface area contributed by atoms with Crippen LogP contribution < -0.4 is 0 Å². The molecular weight excluding hydrogens is 262 g/mol. The summed E-state index contributed by atoms with van der Waals surface area (Å²) < 4.78 is 5.43. The third kappa shape index (κ3) is 5.05. The monoisotopic (exact) mass is 283 g/mol. The van der Waals surface area contributed by atoms with Crippen molar-refractivity contribution in [3.63, 3.8) is 0 Å². The number of carbonyl (C=O) groups excluding carboxylic acids is 1. The molecule has 0 aliphatic rings. The second-order valence-electron chi connectivity index (χ2n) is 4.41. The minimum absolute atomic E-state index is 0. The van der Waals surface area contributed by atoms with Gasteiger partial charge in [0, 0.05) is 6.08 Å². The highest BCUT2D eigenvalue weighted by molar-refractivity contribution is 5.85. The Morgan fingerprint density at radius 2 is 1.95 bits per heavy atom. The zero-order valence-electron chi connectivity index (χ0n) is 11.7. The van der Waals surface area contributed by atoms with Gasteiger partial charge in [0.1, 0.15) is 6.10 Å². The highest BCUT2D eigenvalue weighted by Crippen LogP contribution is 2.26. The molecular formula is C15H22ClNO2. The lowest BCUT2D eigenvalue weighted by molar-refractivity contribution is -0.146. The van der Waals surface area contributed by atoms with Crippen molar-refractivity contribution < 1.29 is 9.53 Å². The standard InChI is InChI=1S/C15H21NO2.ClH/c1-5-13(18-14(17)6-2)15(16(3)4)12-10-8-7-9-11-12;/h6-11,13,15H,2,5H2,1,3-4H3;1H. The number of nitrogens with zero attached hydrogens (tertiary/aromatic N) is 1. The zero-order valence-corrected chi connectivity index (χ0v) is 12.5. The summed E-state index contributed by atoms with van der Waals surface area (Å²) >= 11 is 0. The van der Waals surface area contributed by atoms with Crippen LogP contribution in [0.1, 0.15) is 24.9 Å². The third-order valence-electron chi connectivity index (χ3n) is 2.89. The Balaban J connectivity index is 0.00000324. The summed E-state index contributed by atoms with van der Waals surface area (Å²) in [5, 5.41) is 0. The van der Waals surface area contributed by atoms with Gasteiger partial charge in [0.2, 0.25) is 0 Å². The van der Waals surface area contributed by atoms with E-state index in [-0.39, 0.29) is 30.5 Å². The molecule has 2 atom stereocenters. The molecule has 0 spiro atoms. The maximum absolute atomic E-state index is 11.4. The average molecular weight is 284 g/mol. The predicted molar refractivity (Wildman–Crippen MR) is 80.5 cm³/mol. The van der Waals surface area contributed by atoms with Gasteiger partial charge in [0.15, 0.2) is 0 Å². The molecule has 2 unspecified atom stereocenters. The number of likely N-dealkylation sites (N-methyl/N-ethyl adjacent to an activating group) is 1. The normalized spacial score (nSPS) is 13.3.